The zero-order valence-corrected chi connectivity index (χ0v) is 26.3. The van der Waals surface area contributed by atoms with Crippen LogP contribution < -0.4 is 11.1 Å². The number of hydrogen-bond acceptors (Lipinski definition) is 4. The summed E-state index contributed by atoms with van der Waals surface area (Å²) in [6, 6.07) is 32.4. The van der Waals surface area contributed by atoms with E-state index < -0.39 is 0 Å². The predicted octanol–water partition coefficient (Wildman–Crippen LogP) is 11.2. The van der Waals surface area contributed by atoms with Crippen LogP contribution in [0.3, 0.4) is 0 Å². The number of nitrogen functional groups attached to an aromatic ring is 1. The Morgan fingerprint density at radius 2 is 1.10 bits per heavy atom. The molecule has 5 heteroatoms. The summed E-state index contributed by atoms with van der Waals surface area (Å²) in [7, 11) is 0. The van der Waals surface area contributed by atoms with Crippen molar-refractivity contribution in [2.24, 2.45) is 0 Å². The van der Waals surface area contributed by atoms with E-state index in [2.05, 4.69) is 87.1 Å². The number of fused-ring (bicyclic) bond motifs is 2. The Kier molecular flexibility index (Phi) is 9.29. The molecule has 0 aliphatic heterocycles. The molecule has 2 aromatic heterocycles. The van der Waals surface area contributed by atoms with Crippen molar-refractivity contribution >= 4 is 54.9 Å². The summed E-state index contributed by atoms with van der Waals surface area (Å²) in [5.41, 5.74) is 13.1. The third-order valence-electron chi connectivity index (χ3n) is 6.68. The van der Waals surface area contributed by atoms with E-state index in [0.29, 0.717) is 0 Å². The maximum Gasteiger partial charge on any atom is 0.136 e. The number of para-hydroxylation sites is 2. The molecule has 0 fully saturated rings. The highest BCUT2D eigenvalue weighted by atomic mass is 79.9. The second kappa shape index (κ2) is 12.7. The normalized spacial score (nSPS) is 11.4. The van der Waals surface area contributed by atoms with E-state index in [0.717, 1.165) is 43.5 Å². The average molecular weight is 612 g/mol. The van der Waals surface area contributed by atoms with Crippen molar-refractivity contribution < 1.29 is 8.83 Å². The fourth-order valence-electron chi connectivity index (χ4n) is 4.19. The third-order valence-corrected chi connectivity index (χ3v) is 7.30. The zero-order chi connectivity index (χ0) is 29.6. The minimum absolute atomic E-state index is 0.134. The van der Waals surface area contributed by atoms with Crippen molar-refractivity contribution in [3.63, 3.8) is 0 Å². The molecule has 212 valence electrons. The molecule has 0 radical (unpaired) electrons. The number of halogens is 1. The van der Waals surface area contributed by atoms with Crippen LogP contribution in [0.2, 0.25) is 0 Å². The first-order chi connectivity index (χ1) is 19.4. The molecule has 0 aliphatic carbocycles. The Hall–Kier alpha value is -3.96. The fraction of sp³-hybridized carbons (Fsp3) is 0.222. The van der Waals surface area contributed by atoms with Gasteiger partial charge in [0.1, 0.15) is 23.7 Å². The standard InChI is InChI=1S/C18H19NO.C12H13BrO.C6H7N/c1-18(2,3)13-9-10-17-15(11-13)16(12-20-17)19-14-7-5-4-6-8-14;1-12(2,3)8-4-5-11-9(6-8)10(13)7-14-11;7-6-4-2-1-3-5-6/h4-12,19H,1-3H3;4-7H,1-3H3;1-5H,7H2. The number of rotatable bonds is 2. The molecular formula is C36H39BrN2O2. The Morgan fingerprint density at radius 1 is 0.610 bits per heavy atom. The van der Waals surface area contributed by atoms with Gasteiger partial charge < -0.3 is 19.9 Å². The van der Waals surface area contributed by atoms with Gasteiger partial charge in [-0.25, -0.2) is 0 Å². The van der Waals surface area contributed by atoms with Gasteiger partial charge in [0.2, 0.25) is 0 Å². The third kappa shape index (κ3) is 8.05. The largest absolute Gasteiger partial charge is 0.463 e. The van der Waals surface area contributed by atoms with Gasteiger partial charge in [-0.2, -0.15) is 0 Å². The molecule has 3 N–H and O–H groups in total. The first kappa shape index (κ1) is 30.0. The Bertz CT molecular complexity index is 1690. The molecule has 0 aliphatic rings. The van der Waals surface area contributed by atoms with Gasteiger partial charge in [0.25, 0.3) is 0 Å². The van der Waals surface area contributed by atoms with Gasteiger partial charge in [-0.3, -0.25) is 0 Å². The molecule has 41 heavy (non-hydrogen) atoms. The molecule has 0 spiro atoms. The molecule has 6 rings (SSSR count). The summed E-state index contributed by atoms with van der Waals surface area (Å²) in [6.07, 6.45) is 3.52. The molecule has 0 bridgehead atoms. The average Bonchev–Trinajstić information content (AvgIpc) is 3.52. The summed E-state index contributed by atoms with van der Waals surface area (Å²) in [5, 5.41) is 5.69. The molecule has 0 saturated heterocycles. The molecule has 0 atom stereocenters. The Morgan fingerprint density at radius 3 is 1.61 bits per heavy atom. The lowest BCUT2D eigenvalue weighted by molar-refractivity contribution is 0.589. The van der Waals surface area contributed by atoms with Crippen LogP contribution in [0.5, 0.6) is 0 Å². The smallest absolute Gasteiger partial charge is 0.136 e. The van der Waals surface area contributed by atoms with E-state index in [4.69, 9.17) is 14.6 Å². The van der Waals surface area contributed by atoms with Gasteiger partial charge in [-0.1, -0.05) is 90.1 Å². The van der Waals surface area contributed by atoms with Crippen LogP contribution in [0.15, 0.2) is 123 Å². The van der Waals surface area contributed by atoms with Gasteiger partial charge in [-0.15, -0.1) is 0 Å². The van der Waals surface area contributed by atoms with Gasteiger partial charge in [0.15, 0.2) is 0 Å². The minimum Gasteiger partial charge on any atom is -0.463 e. The maximum atomic E-state index is 5.63. The minimum atomic E-state index is 0.134. The second-order valence-corrected chi connectivity index (χ2v) is 12.9. The van der Waals surface area contributed by atoms with E-state index in [9.17, 15) is 0 Å². The number of furan rings is 2. The summed E-state index contributed by atoms with van der Waals surface area (Å²) >= 11 is 3.47. The quantitative estimate of drug-likeness (QED) is 0.191. The summed E-state index contributed by atoms with van der Waals surface area (Å²) in [4.78, 5) is 0. The highest BCUT2D eigenvalue weighted by Crippen LogP contribution is 2.33. The first-order valence-electron chi connectivity index (χ1n) is 13.7. The van der Waals surface area contributed by atoms with Crippen LogP contribution in [0, 0.1) is 0 Å². The predicted molar refractivity (Wildman–Crippen MR) is 178 cm³/mol. The molecule has 0 saturated carbocycles. The van der Waals surface area contributed by atoms with E-state index in [1.165, 1.54) is 11.1 Å². The lowest BCUT2D eigenvalue weighted by Crippen LogP contribution is -2.10. The number of anilines is 3. The lowest BCUT2D eigenvalue weighted by atomic mass is 9.86. The summed E-state index contributed by atoms with van der Waals surface area (Å²) < 4.78 is 12.0. The highest BCUT2D eigenvalue weighted by molar-refractivity contribution is 9.10. The van der Waals surface area contributed by atoms with Gasteiger partial charge in [0.05, 0.1) is 10.2 Å². The Labute approximate surface area is 251 Å². The van der Waals surface area contributed by atoms with Crippen LogP contribution in [-0.2, 0) is 10.8 Å². The first-order valence-corrected chi connectivity index (χ1v) is 14.5. The fourth-order valence-corrected chi connectivity index (χ4v) is 4.59. The SMILES string of the molecule is CC(C)(C)c1ccc2occ(Br)c2c1.CC(C)(C)c1ccc2occ(Nc3ccccc3)c2c1.Nc1ccccc1. The molecule has 0 amide bonds. The lowest BCUT2D eigenvalue weighted by Gasteiger charge is -2.18. The van der Waals surface area contributed by atoms with Crippen LogP contribution in [-0.4, -0.2) is 0 Å². The van der Waals surface area contributed by atoms with E-state index in [-0.39, 0.29) is 10.8 Å². The van der Waals surface area contributed by atoms with Crippen molar-refractivity contribution in [1.29, 1.82) is 0 Å². The molecule has 4 aromatic carbocycles. The maximum absolute atomic E-state index is 5.63. The second-order valence-electron chi connectivity index (χ2n) is 12.1. The van der Waals surface area contributed by atoms with Crippen molar-refractivity contribution in [3.05, 3.63) is 125 Å². The number of benzene rings is 4. The Balaban J connectivity index is 0.000000159. The molecule has 0 unspecified atom stereocenters. The van der Waals surface area contributed by atoms with Crippen molar-refractivity contribution in [3.8, 4) is 0 Å². The monoisotopic (exact) mass is 610 g/mol. The van der Waals surface area contributed by atoms with Gasteiger partial charge >= 0.3 is 0 Å². The van der Waals surface area contributed by atoms with Crippen LogP contribution in [0.25, 0.3) is 21.9 Å². The van der Waals surface area contributed by atoms with Crippen molar-refractivity contribution in [1.82, 2.24) is 0 Å². The number of nitrogens with one attached hydrogen (secondary N) is 1. The van der Waals surface area contributed by atoms with Crippen molar-refractivity contribution in [2.75, 3.05) is 11.1 Å². The summed E-state index contributed by atoms with van der Waals surface area (Å²) in [6.45, 7) is 13.3. The van der Waals surface area contributed by atoms with E-state index >= 15 is 0 Å². The summed E-state index contributed by atoms with van der Waals surface area (Å²) in [5.74, 6) is 0. The van der Waals surface area contributed by atoms with Crippen LogP contribution in [0.1, 0.15) is 52.7 Å². The number of nitrogens with two attached hydrogens (primary N) is 1. The van der Waals surface area contributed by atoms with Crippen molar-refractivity contribution in [2.45, 2.75) is 52.4 Å². The zero-order valence-electron chi connectivity index (χ0n) is 24.7. The molecule has 6 aromatic rings. The molecule has 4 nitrogen and oxygen atoms in total. The van der Waals surface area contributed by atoms with Crippen LogP contribution >= 0.6 is 15.9 Å². The molecular weight excluding hydrogens is 572 g/mol. The van der Waals surface area contributed by atoms with E-state index in [1.807, 2.05) is 72.8 Å². The number of hydrogen-bond donors (Lipinski definition) is 2. The van der Waals surface area contributed by atoms with Gasteiger partial charge in [-0.05, 0) is 86.4 Å². The van der Waals surface area contributed by atoms with Gasteiger partial charge in [0, 0.05) is 22.1 Å². The topological polar surface area (TPSA) is 64.3 Å². The van der Waals surface area contributed by atoms with E-state index in [1.54, 1.807) is 12.5 Å². The molecule has 2 heterocycles. The highest BCUT2D eigenvalue weighted by Gasteiger charge is 2.16. The van der Waals surface area contributed by atoms with Crippen LogP contribution in [0.4, 0.5) is 17.1 Å².